The van der Waals surface area contributed by atoms with Crippen LogP contribution < -0.4 is 31.3 Å². The maximum atomic E-state index is 13.2. The number of carbonyl (C=O) groups is 5. The maximum absolute atomic E-state index is 13.2. The minimum atomic E-state index is -3.59. The lowest BCUT2D eigenvalue weighted by Crippen LogP contribution is -2.54. The average Bonchev–Trinajstić information content (AvgIpc) is 3.90. The summed E-state index contributed by atoms with van der Waals surface area (Å²) in [4.78, 5) is 75.3. The topological polar surface area (TPSA) is 267 Å². The van der Waals surface area contributed by atoms with Crippen LogP contribution in [0.5, 0.6) is 5.75 Å². The van der Waals surface area contributed by atoms with Crippen molar-refractivity contribution in [2.45, 2.75) is 88.5 Å². The number of aromatic nitrogens is 2. The molecule has 3 aliphatic rings. The molecule has 3 aliphatic heterocycles. The molecule has 79 heavy (non-hydrogen) atoms. The van der Waals surface area contributed by atoms with Crippen LogP contribution in [0.25, 0.3) is 0 Å². The van der Waals surface area contributed by atoms with E-state index >= 15 is 0 Å². The van der Waals surface area contributed by atoms with Gasteiger partial charge in [0.1, 0.15) is 16.8 Å². The lowest BCUT2D eigenvalue weighted by Gasteiger charge is -2.32. The number of ether oxygens (including phenoxy) is 6. The van der Waals surface area contributed by atoms with Crippen LogP contribution >= 0.6 is 11.6 Å². The van der Waals surface area contributed by atoms with Crippen molar-refractivity contribution < 1.29 is 60.8 Å². The van der Waals surface area contributed by atoms with Crippen molar-refractivity contribution >= 4 is 79.8 Å². The minimum absolute atomic E-state index is 0.0523. The zero-order valence-electron chi connectivity index (χ0n) is 45.4. The van der Waals surface area contributed by atoms with E-state index in [1.54, 1.807) is 56.3 Å². The monoisotopic (exact) mass is 1130 g/mol. The van der Waals surface area contributed by atoms with Crippen molar-refractivity contribution in [3.05, 3.63) is 88.1 Å². The van der Waals surface area contributed by atoms with Crippen LogP contribution in [-0.2, 0) is 47.9 Å². The van der Waals surface area contributed by atoms with Crippen molar-refractivity contribution in [3.63, 3.8) is 0 Å². The molecule has 1 unspecified atom stereocenters. The van der Waals surface area contributed by atoms with Gasteiger partial charge >= 0.3 is 0 Å². The number of nitrogens with one attached hydrogen (secondary N) is 5. The number of carbonyl (C=O) groups excluding carboxylic acids is 5. The SMILES string of the molecule is Cc1cc(Nc2ncc(Cl)c(Nc3ccccc3S(=O)(=O)C(C)C)n2)c(OC(C)C)cc1C1CCN(CC(=O)NCCOCCOCCOCCOCCOCCNc2cccc3c2C(=O)N(C2CCC(=O)NC2=O)C3=O)CC1. The molecule has 5 N–H and O–H groups in total. The predicted molar refractivity (Wildman–Crippen MR) is 296 cm³/mol. The molecule has 4 aromatic rings. The zero-order chi connectivity index (χ0) is 56.5. The summed E-state index contributed by atoms with van der Waals surface area (Å²) >= 11 is 6.51. The largest absolute Gasteiger partial charge is 0.489 e. The summed E-state index contributed by atoms with van der Waals surface area (Å²) in [6.07, 6.45) is 3.23. The number of imide groups is 2. The molecule has 2 fully saturated rings. The van der Waals surface area contributed by atoms with E-state index in [1.165, 1.54) is 11.8 Å². The number of piperidine rings is 2. The fourth-order valence-electron chi connectivity index (χ4n) is 9.25. The van der Waals surface area contributed by atoms with E-state index in [4.69, 9.17) is 40.0 Å². The molecule has 0 aliphatic carbocycles. The Morgan fingerprint density at radius 2 is 1.41 bits per heavy atom. The van der Waals surface area contributed by atoms with Crippen molar-refractivity contribution in [1.82, 2.24) is 30.4 Å². The zero-order valence-corrected chi connectivity index (χ0v) is 47.0. The van der Waals surface area contributed by atoms with Crippen LogP contribution in [0.3, 0.4) is 0 Å². The van der Waals surface area contributed by atoms with Crippen molar-refractivity contribution in [1.29, 1.82) is 0 Å². The average molecular weight is 1130 g/mol. The number of nitrogens with zero attached hydrogens (tertiary/aromatic N) is 4. The van der Waals surface area contributed by atoms with Crippen LogP contribution in [0.15, 0.2) is 65.7 Å². The predicted octanol–water partition coefficient (Wildman–Crippen LogP) is 5.79. The number of rotatable bonds is 31. The van der Waals surface area contributed by atoms with Gasteiger partial charge in [-0.1, -0.05) is 29.8 Å². The van der Waals surface area contributed by atoms with Gasteiger partial charge < -0.3 is 49.7 Å². The van der Waals surface area contributed by atoms with Gasteiger partial charge in [0.05, 0.1) is 118 Å². The fraction of sp³-hybridized carbons (Fsp3) is 0.509. The van der Waals surface area contributed by atoms with Crippen molar-refractivity contribution in [2.75, 3.05) is 115 Å². The summed E-state index contributed by atoms with van der Waals surface area (Å²) in [7, 11) is -3.59. The highest BCUT2D eigenvalue weighted by molar-refractivity contribution is 7.92. The Labute approximate surface area is 466 Å². The molecule has 22 nitrogen and oxygen atoms in total. The van der Waals surface area contributed by atoms with Gasteiger partial charge in [0.25, 0.3) is 11.8 Å². The number of para-hydroxylation sites is 1. The number of sulfone groups is 1. The molecule has 3 aromatic carbocycles. The number of anilines is 5. The van der Waals surface area contributed by atoms with Crippen LogP contribution in [-0.4, -0.2) is 174 Å². The van der Waals surface area contributed by atoms with Crippen LogP contribution in [0.4, 0.5) is 28.8 Å². The van der Waals surface area contributed by atoms with Gasteiger partial charge in [-0.25, -0.2) is 13.4 Å². The third-order valence-electron chi connectivity index (χ3n) is 13.3. The normalized spacial score (nSPS) is 16.2. The minimum Gasteiger partial charge on any atom is -0.489 e. The number of hydrogen-bond acceptors (Lipinski definition) is 19. The number of likely N-dealkylation sites (tertiary alicyclic amines) is 1. The third kappa shape index (κ3) is 16.6. The van der Waals surface area contributed by atoms with Crippen LogP contribution in [0, 0.1) is 6.92 Å². The van der Waals surface area contributed by atoms with E-state index in [-0.39, 0.29) is 63.6 Å². The molecule has 0 radical (unpaired) electrons. The number of hydrogen-bond donors (Lipinski definition) is 5. The highest BCUT2D eigenvalue weighted by Crippen LogP contribution is 2.39. The first-order valence-corrected chi connectivity index (χ1v) is 28.6. The Morgan fingerprint density at radius 1 is 0.772 bits per heavy atom. The van der Waals surface area contributed by atoms with Crippen LogP contribution in [0.2, 0.25) is 5.02 Å². The number of amides is 5. The van der Waals surface area contributed by atoms with E-state index < -0.39 is 44.8 Å². The van der Waals surface area contributed by atoms with Gasteiger partial charge in [-0.05, 0) is 120 Å². The molecule has 2 saturated heterocycles. The molecular formula is C55H72ClN9O13S. The van der Waals surface area contributed by atoms with Gasteiger partial charge in [0, 0.05) is 25.2 Å². The summed E-state index contributed by atoms with van der Waals surface area (Å²) < 4.78 is 60.5. The Kier molecular flexibility index (Phi) is 22.3. The molecular weight excluding hydrogens is 1060 g/mol. The molecule has 0 saturated carbocycles. The standard InChI is InChI=1S/C55H72ClN9O13S/c1-35(2)78-46-32-40(37(5)31-44(46)61-55-59-33-41(56)51(63-55)60-42-10-6-7-12-47(42)79(71,72)36(3)4)38-15-19-64(20-16-38)34-49(67)58-18-22-74-24-26-76-28-30-77-29-27-75-25-23-73-21-17-57-43-11-8-9-39-50(43)54(70)65(53(39)69)45-13-14-48(66)62-52(45)68/h6-12,31-33,35-36,38,45,57H,13-30,34H2,1-5H3,(H,58,67)(H,62,66,68)(H2,59,60,61,63). The molecule has 1 aromatic heterocycles. The second kappa shape index (κ2) is 29.2. The first kappa shape index (κ1) is 60.3. The first-order chi connectivity index (χ1) is 38.0. The summed E-state index contributed by atoms with van der Waals surface area (Å²) in [6.45, 7) is 15.6. The van der Waals surface area contributed by atoms with E-state index in [0.29, 0.717) is 109 Å². The van der Waals surface area contributed by atoms with E-state index in [9.17, 15) is 32.4 Å². The molecule has 1 atom stereocenters. The highest BCUT2D eigenvalue weighted by atomic mass is 35.5. The molecule has 428 valence electrons. The number of aryl methyl sites for hydroxylation is 1. The van der Waals surface area contributed by atoms with Crippen LogP contribution in [0.1, 0.15) is 91.1 Å². The maximum Gasteiger partial charge on any atom is 0.264 e. The molecule has 7 rings (SSSR count). The molecule has 4 heterocycles. The molecule has 0 bridgehead atoms. The highest BCUT2D eigenvalue weighted by Gasteiger charge is 2.45. The molecule has 0 spiro atoms. The quantitative estimate of drug-likeness (QED) is 0.0295. The van der Waals surface area contributed by atoms with Gasteiger partial charge in [-0.2, -0.15) is 4.98 Å². The van der Waals surface area contributed by atoms with E-state index in [2.05, 4.69) is 54.4 Å². The van der Waals surface area contributed by atoms with Gasteiger partial charge in [-0.15, -0.1) is 0 Å². The summed E-state index contributed by atoms with van der Waals surface area (Å²) in [5.41, 5.74) is 4.14. The Bertz CT molecular complexity index is 2890. The Morgan fingerprint density at radius 3 is 2.05 bits per heavy atom. The number of benzene rings is 3. The van der Waals surface area contributed by atoms with E-state index in [1.807, 2.05) is 19.9 Å². The second-order valence-electron chi connectivity index (χ2n) is 19.7. The Balaban J connectivity index is 0.704. The summed E-state index contributed by atoms with van der Waals surface area (Å²) in [5, 5.41) is 14.3. The summed E-state index contributed by atoms with van der Waals surface area (Å²) in [5.74, 6) is -0.868. The van der Waals surface area contributed by atoms with Crippen molar-refractivity contribution in [3.8, 4) is 5.75 Å². The Hall–Kier alpha value is -6.31. The second-order valence-corrected chi connectivity index (χ2v) is 22.5. The van der Waals surface area contributed by atoms with Gasteiger partial charge in [0.2, 0.25) is 23.7 Å². The lowest BCUT2D eigenvalue weighted by molar-refractivity contribution is -0.136. The lowest BCUT2D eigenvalue weighted by atomic mass is 9.86. The van der Waals surface area contributed by atoms with Gasteiger partial charge in [-0.3, -0.25) is 39.1 Å². The molecule has 24 heteroatoms. The third-order valence-corrected chi connectivity index (χ3v) is 15.8. The summed E-state index contributed by atoms with van der Waals surface area (Å²) in [6, 6.07) is 14.6. The van der Waals surface area contributed by atoms with Crippen molar-refractivity contribution in [2.24, 2.45) is 0 Å². The van der Waals surface area contributed by atoms with E-state index in [0.717, 1.165) is 36.4 Å². The number of fused-ring (bicyclic) bond motifs is 1. The smallest absolute Gasteiger partial charge is 0.264 e. The number of halogens is 1. The molecule has 5 amide bonds. The fourth-order valence-corrected chi connectivity index (χ4v) is 10.6. The van der Waals surface area contributed by atoms with Gasteiger partial charge in [0.15, 0.2) is 15.7 Å². The first-order valence-electron chi connectivity index (χ1n) is 26.7.